The number of carbonyl (C=O) groups excluding carboxylic acids is 1. The van der Waals surface area contributed by atoms with Gasteiger partial charge in [-0.2, -0.15) is 0 Å². The van der Waals surface area contributed by atoms with Gasteiger partial charge in [0, 0.05) is 6.92 Å². The molecule has 1 atom stereocenters. The van der Waals surface area contributed by atoms with Crippen molar-refractivity contribution in [3.63, 3.8) is 0 Å². The zero-order valence-corrected chi connectivity index (χ0v) is 10.0. The second-order valence-electron chi connectivity index (χ2n) is 4.07. The molecule has 0 spiro atoms. The summed E-state index contributed by atoms with van der Waals surface area (Å²) in [5.74, 6) is 0.184. The molecule has 0 heterocycles. The van der Waals surface area contributed by atoms with Crippen LogP contribution in [0.4, 0.5) is 0 Å². The second kappa shape index (κ2) is 6.11. The number of hydrogen-bond acceptors (Lipinski definition) is 2. The molecule has 0 fully saturated rings. The zero-order chi connectivity index (χ0) is 12.0. The van der Waals surface area contributed by atoms with Gasteiger partial charge in [-0.15, -0.1) is 0 Å². The summed E-state index contributed by atoms with van der Waals surface area (Å²) in [6.07, 6.45) is 3.70. The molecule has 1 aromatic rings. The van der Waals surface area contributed by atoms with Crippen molar-refractivity contribution < 1.29 is 9.53 Å². The van der Waals surface area contributed by atoms with Crippen molar-refractivity contribution >= 4 is 5.97 Å². The van der Waals surface area contributed by atoms with Gasteiger partial charge >= 0.3 is 5.97 Å². The quantitative estimate of drug-likeness (QED) is 0.571. The van der Waals surface area contributed by atoms with Gasteiger partial charge in [-0.1, -0.05) is 50.3 Å². The lowest BCUT2D eigenvalue weighted by atomic mass is 10.1. The van der Waals surface area contributed by atoms with E-state index in [0.717, 1.165) is 5.56 Å². The van der Waals surface area contributed by atoms with Gasteiger partial charge in [0.25, 0.3) is 0 Å². The van der Waals surface area contributed by atoms with Crippen molar-refractivity contribution in [3.8, 4) is 0 Å². The minimum absolute atomic E-state index is 0.262. The van der Waals surface area contributed by atoms with Crippen LogP contribution in [0.2, 0.25) is 0 Å². The Bertz CT molecular complexity index is 352. The SMILES string of the molecule is CC(=O)O[C@H](/C=C/C(C)C)c1ccccc1. The third kappa shape index (κ3) is 4.30. The van der Waals surface area contributed by atoms with Crippen LogP contribution < -0.4 is 0 Å². The molecule has 2 heteroatoms. The third-order valence-corrected chi connectivity index (χ3v) is 2.09. The van der Waals surface area contributed by atoms with Crippen LogP contribution in [-0.4, -0.2) is 5.97 Å². The molecular weight excluding hydrogens is 200 g/mol. The standard InChI is InChI=1S/C14H18O2/c1-11(2)9-10-14(16-12(3)15)13-7-5-4-6-8-13/h4-11,14H,1-3H3/b10-9+/t14-/m1/s1. The number of rotatable bonds is 4. The minimum atomic E-state index is -0.277. The van der Waals surface area contributed by atoms with Crippen LogP contribution in [0.3, 0.4) is 0 Å². The molecule has 0 aliphatic heterocycles. The van der Waals surface area contributed by atoms with E-state index in [2.05, 4.69) is 13.8 Å². The van der Waals surface area contributed by atoms with Gasteiger partial charge < -0.3 is 4.74 Å². The first-order valence-corrected chi connectivity index (χ1v) is 5.50. The topological polar surface area (TPSA) is 26.3 Å². The Kier molecular flexibility index (Phi) is 4.77. The lowest BCUT2D eigenvalue weighted by molar-refractivity contribution is -0.144. The van der Waals surface area contributed by atoms with Gasteiger partial charge in [-0.25, -0.2) is 0 Å². The summed E-state index contributed by atoms with van der Waals surface area (Å²) in [6, 6.07) is 9.74. The molecule has 0 N–H and O–H groups in total. The van der Waals surface area contributed by atoms with E-state index in [0.29, 0.717) is 5.92 Å². The maximum atomic E-state index is 11.0. The molecule has 0 unspecified atom stereocenters. The molecule has 1 rings (SSSR count). The summed E-state index contributed by atoms with van der Waals surface area (Å²) < 4.78 is 5.26. The number of hydrogen-bond donors (Lipinski definition) is 0. The van der Waals surface area contributed by atoms with Crippen molar-refractivity contribution in [2.45, 2.75) is 26.9 Å². The van der Waals surface area contributed by atoms with Gasteiger partial charge in [-0.3, -0.25) is 4.79 Å². The Balaban J connectivity index is 2.83. The normalized spacial score (nSPS) is 13.0. The first-order valence-electron chi connectivity index (χ1n) is 5.50. The van der Waals surface area contributed by atoms with Crippen LogP contribution in [-0.2, 0) is 9.53 Å². The van der Waals surface area contributed by atoms with Crippen LogP contribution >= 0.6 is 0 Å². The summed E-state index contributed by atoms with van der Waals surface area (Å²) in [7, 11) is 0. The number of benzene rings is 1. The van der Waals surface area contributed by atoms with Crippen molar-refractivity contribution in [2.75, 3.05) is 0 Å². The van der Waals surface area contributed by atoms with Gasteiger partial charge in [0.2, 0.25) is 0 Å². The summed E-state index contributed by atoms with van der Waals surface area (Å²) in [6.45, 7) is 5.61. The van der Waals surface area contributed by atoms with E-state index in [1.807, 2.05) is 42.5 Å². The summed E-state index contributed by atoms with van der Waals surface area (Å²) in [5.41, 5.74) is 0.995. The maximum Gasteiger partial charge on any atom is 0.303 e. The molecule has 86 valence electrons. The van der Waals surface area contributed by atoms with E-state index in [-0.39, 0.29) is 12.1 Å². The maximum absolute atomic E-state index is 11.0. The molecule has 0 radical (unpaired) electrons. The number of carbonyl (C=O) groups is 1. The Labute approximate surface area is 96.9 Å². The van der Waals surface area contributed by atoms with E-state index in [1.54, 1.807) is 0 Å². The Morgan fingerprint density at radius 3 is 2.31 bits per heavy atom. The molecule has 0 amide bonds. The number of ether oxygens (including phenoxy) is 1. The van der Waals surface area contributed by atoms with E-state index in [9.17, 15) is 4.79 Å². The fourth-order valence-corrected chi connectivity index (χ4v) is 1.36. The minimum Gasteiger partial charge on any atom is -0.453 e. The van der Waals surface area contributed by atoms with Gasteiger partial charge in [0.1, 0.15) is 6.10 Å². The van der Waals surface area contributed by atoms with Crippen LogP contribution in [0, 0.1) is 5.92 Å². The summed E-state index contributed by atoms with van der Waals surface area (Å²) in [5, 5.41) is 0. The highest BCUT2D eigenvalue weighted by Crippen LogP contribution is 2.19. The van der Waals surface area contributed by atoms with E-state index in [4.69, 9.17) is 4.74 Å². The van der Waals surface area contributed by atoms with E-state index < -0.39 is 0 Å². The molecule has 0 saturated carbocycles. The lowest BCUT2D eigenvalue weighted by Gasteiger charge is -2.13. The molecule has 16 heavy (non-hydrogen) atoms. The molecule has 0 aliphatic carbocycles. The van der Waals surface area contributed by atoms with Crippen LogP contribution in [0.5, 0.6) is 0 Å². The molecule has 2 nitrogen and oxygen atoms in total. The monoisotopic (exact) mass is 218 g/mol. The average molecular weight is 218 g/mol. The Hall–Kier alpha value is -1.57. The predicted molar refractivity (Wildman–Crippen MR) is 64.9 cm³/mol. The summed E-state index contributed by atoms with van der Waals surface area (Å²) in [4.78, 5) is 11.0. The molecular formula is C14H18O2. The molecule has 1 aromatic carbocycles. The second-order valence-corrected chi connectivity index (χ2v) is 4.07. The first-order chi connectivity index (χ1) is 7.59. The number of esters is 1. The number of allylic oxidation sites excluding steroid dienone is 1. The molecule has 0 aliphatic rings. The fourth-order valence-electron chi connectivity index (χ4n) is 1.36. The summed E-state index contributed by atoms with van der Waals surface area (Å²) >= 11 is 0. The van der Waals surface area contributed by atoms with Gasteiger partial charge in [0.15, 0.2) is 0 Å². The van der Waals surface area contributed by atoms with Crippen LogP contribution in [0.1, 0.15) is 32.4 Å². The van der Waals surface area contributed by atoms with Crippen molar-refractivity contribution in [2.24, 2.45) is 5.92 Å². The highest BCUT2D eigenvalue weighted by atomic mass is 16.5. The molecule has 0 aromatic heterocycles. The largest absolute Gasteiger partial charge is 0.453 e. The highest BCUT2D eigenvalue weighted by molar-refractivity contribution is 5.66. The lowest BCUT2D eigenvalue weighted by Crippen LogP contribution is -2.06. The predicted octanol–water partition coefficient (Wildman–Crippen LogP) is 3.50. The van der Waals surface area contributed by atoms with E-state index in [1.165, 1.54) is 6.92 Å². The Morgan fingerprint density at radius 1 is 1.19 bits per heavy atom. The van der Waals surface area contributed by atoms with Gasteiger partial charge in [-0.05, 0) is 17.6 Å². The van der Waals surface area contributed by atoms with Crippen molar-refractivity contribution in [1.29, 1.82) is 0 Å². The molecule has 0 saturated heterocycles. The van der Waals surface area contributed by atoms with Crippen LogP contribution in [0.15, 0.2) is 42.5 Å². The molecule has 0 bridgehead atoms. The van der Waals surface area contributed by atoms with Crippen LogP contribution in [0.25, 0.3) is 0 Å². The first kappa shape index (κ1) is 12.5. The Morgan fingerprint density at radius 2 is 1.81 bits per heavy atom. The van der Waals surface area contributed by atoms with Gasteiger partial charge in [0.05, 0.1) is 0 Å². The van der Waals surface area contributed by atoms with Crippen molar-refractivity contribution in [3.05, 3.63) is 48.0 Å². The smallest absolute Gasteiger partial charge is 0.303 e. The van der Waals surface area contributed by atoms with E-state index >= 15 is 0 Å². The third-order valence-electron chi connectivity index (χ3n) is 2.09. The highest BCUT2D eigenvalue weighted by Gasteiger charge is 2.10. The average Bonchev–Trinajstić information content (AvgIpc) is 2.25. The fraction of sp³-hybridized carbons (Fsp3) is 0.357. The zero-order valence-electron chi connectivity index (χ0n) is 10.0. The van der Waals surface area contributed by atoms with Crippen molar-refractivity contribution in [1.82, 2.24) is 0 Å².